The van der Waals surface area contributed by atoms with Crippen molar-refractivity contribution in [3.05, 3.63) is 138 Å². The summed E-state index contributed by atoms with van der Waals surface area (Å²) >= 11 is 1.35. The molecule has 0 saturated carbocycles. The van der Waals surface area contributed by atoms with Crippen LogP contribution in [-0.4, -0.2) is 24.8 Å². The van der Waals surface area contributed by atoms with Gasteiger partial charge in [-0.3, -0.25) is 9.36 Å². The molecule has 0 fully saturated rings. The fraction of sp³-hybridized carbons (Fsp3) is 0.147. The van der Waals surface area contributed by atoms with Gasteiger partial charge in [0.05, 0.1) is 36.1 Å². The number of esters is 1. The molecule has 2 aliphatic rings. The Hall–Kier alpha value is -4.95. The standard InChI is InChI=1S/C34H26N2O5S/c1-39-28-13-6-5-12-25(28)31-26-16-14-20-8-3-4-11-24(20)30(26)35-34-36(31)32(37)29(42-34)19-23-15-17-27(41-23)21-9-7-10-22(18-21)33(38)40-2/h3-13,15,17-19,31H,14,16H2,1-2H3/b29-19-/t31-/m0/s1. The van der Waals surface area contributed by atoms with E-state index in [2.05, 4.69) is 18.2 Å². The first-order valence-electron chi connectivity index (χ1n) is 13.6. The second kappa shape index (κ2) is 10.5. The van der Waals surface area contributed by atoms with Crippen molar-refractivity contribution in [3.63, 3.8) is 0 Å². The fourth-order valence-corrected chi connectivity index (χ4v) is 6.80. The number of aromatic nitrogens is 1. The van der Waals surface area contributed by atoms with Crippen LogP contribution >= 0.6 is 11.3 Å². The van der Waals surface area contributed by atoms with Gasteiger partial charge in [0.2, 0.25) is 0 Å². The molecule has 3 heterocycles. The number of ether oxygens (including phenoxy) is 2. The minimum atomic E-state index is -0.417. The minimum Gasteiger partial charge on any atom is -0.496 e. The predicted molar refractivity (Wildman–Crippen MR) is 161 cm³/mol. The van der Waals surface area contributed by atoms with Crippen molar-refractivity contribution in [1.82, 2.24) is 4.57 Å². The maximum absolute atomic E-state index is 14.1. The van der Waals surface area contributed by atoms with Crippen molar-refractivity contribution in [3.8, 4) is 17.1 Å². The number of hydrogen-bond donors (Lipinski definition) is 0. The number of fused-ring (bicyclic) bond motifs is 3. The van der Waals surface area contributed by atoms with Gasteiger partial charge in [0.15, 0.2) is 4.80 Å². The van der Waals surface area contributed by atoms with E-state index in [1.54, 1.807) is 36.0 Å². The van der Waals surface area contributed by atoms with Gasteiger partial charge in [0.25, 0.3) is 5.56 Å². The lowest BCUT2D eigenvalue weighted by Crippen LogP contribution is -2.38. The van der Waals surface area contributed by atoms with Crippen LogP contribution in [0.4, 0.5) is 0 Å². The number of benzene rings is 3. The van der Waals surface area contributed by atoms with Crippen LogP contribution in [0, 0.1) is 0 Å². The van der Waals surface area contributed by atoms with Crippen LogP contribution in [0.1, 0.15) is 45.3 Å². The summed E-state index contributed by atoms with van der Waals surface area (Å²) in [5.74, 6) is 1.43. The number of methoxy groups -OCH3 is 2. The van der Waals surface area contributed by atoms with E-state index in [0.717, 1.165) is 46.6 Å². The number of carbonyl (C=O) groups is 1. The maximum atomic E-state index is 14.1. The van der Waals surface area contributed by atoms with E-state index in [-0.39, 0.29) is 11.6 Å². The quantitative estimate of drug-likeness (QED) is 0.264. The van der Waals surface area contributed by atoms with Gasteiger partial charge < -0.3 is 13.9 Å². The zero-order valence-corrected chi connectivity index (χ0v) is 23.8. The van der Waals surface area contributed by atoms with Crippen LogP contribution < -0.4 is 19.6 Å². The molecule has 3 aromatic carbocycles. The Labute approximate surface area is 245 Å². The van der Waals surface area contributed by atoms with Crippen molar-refractivity contribution in [1.29, 1.82) is 0 Å². The summed E-state index contributed by atoms with van der Waals surface area (Å²) in [5, 5.41) is 0. The molecular formula is C34H26N2O5S. The highest BCUT2D eigenvalue weighted by Gasteiger charge is 2.34. The molecule has 0 saturated heterocycles. The molecule has 0 bridgehead atoms. The molecule has 1 aliphatic heterocycles. The van der Waals surface area contributed by atoms with Crippen molar-refractivity contribution in [2.24, 2.45) is 4.99 Å². The van der Waals surface area contributed by atoms with Crippen molar-refractivity contribution < 1.29 is 18.7 Å². The van der Waals surface area contributed by atoms with E-state index in [1.807, 2.05) is 48.5 Å². The van der Waals surface area contributed by atoms with Crippen molar-refractivity contribution in [2.75, 3.05) is 14.2 Å². The number of allylic oxidation sites excluding steroid dienone is 1. The molecule has 7 nitrogen and oxygen atoms in total. The number of hydrogen-bond acceptors (Lipinski definition) is 7. The van der Waals surface area contributed by atoms with Gasteiger partial charge in [-0.1, -0.05) is 65.9 Å². The number of aryl methyl sites for hydroxylation is 1. The third-order valence-electron chi connectivity index (χ3n) is 7.77. The molecule has 0 N–H and O–H groups in total. The Morgan fingerprint density at radius 3 is 2.69 bits per heavy atom. The Bertz CT molecular complexity index is 2080. The molecule has 208 valence electrons. The summed E-state index contributed by atoms with van der Waals surface area (Å²) in [6.45, 7) is 0. The molecular weight excluding hydrogens is 548 g/mol. The normalized spacial score (nSPS) is 15.9. The summed E-state index contributed by atoms with van der Waals surface area (Å²) in [5.41, 5.74) is 6.39. The highest BCUT2D eigenvalue weighted by atomic mass is 32.1. The van der Waals surface area contributed by atoms with Gasteiger partial charge in [-0.05, 0) is 54.3 Å². The number of furan rings is 1. The van der Waals surface area contributed by atoms with E-state index in [0.29, 0.717) is 26.4 Å². The monoisotopic (exact) mass is 574 g/mol. The smallest absolute Gasteiger partial charge is 0.337 e. The Morgan fingerprint density at radius 1 is 1.00 bits per heavy atom. The highest BCUT2D eigenvalue weighted by molar-refractivity contribution is 7.07. The predicted octanol–water partition coefficient (Wildman–Crippen LogP) is 5.37. The third-order valence-corrected chi connectivity index (χ3v) is 8.76. The zero-order valence-electron chi connectivity index (χ0n) is 23.0. The van der Waals surface area contributed by atoms with E-state index in [9.17, 15) is 9.59 Å². The van der Waals surface area contributed by atoms with Gasteiger partial charge in [0.1, 0.15) is 17.3 Å². The number of thiazole rings is 1. The Balaban J connectivity index is 1.37. The van der Waals surface area contributed by atoms with Gasteiger partial charge >= 0.3 is 5.97 Å². The number of carbonyl (C=O) groups excluding carboxylic acids is 1. The lowest BCUT2D eigenvalue weighted by molar-refractivity contribution is 0.0601. The van der Waals surface area contributed by atoms with Gasteiger partial charge in [-0.25, -0.2) is 9.79 Å². The topological polar surface area (TPSA) is 83.0 Å². The summed E-state index contributed by atoms with van der Waals surface area (Å²) in [6.07, 6.45) is 3.44. The first-order chi connectivity index (χ1) is 20.6. The van der Waals surface area contributed by atoms with Crippen molar-refractivity contribution in [2.45, 2.75) is 18.9 Å². The van der Waals surface area contributed by atoms with E-state index in [1.165, 1.54) is 24.0 Å². The molecule has 0 spiro atoms. The summed E-state index contributed by atoms with van der Waals surface area (Å²) in [4.78, 5) is 31.8. The number of para-hydroxylation sites is 1. The van der Waals surface area contributed by atoms with Gasteiger partial charge in [0, 0.05) is 22.8 Å². The molecule has 0 radical (unpaired) electrons. The SMILES string of the molecule is COC(=O)c1cccc(-c2ccc(/C=c3\sc4n(c3=O)[C@@H](c3ccccc3OC)C3=C(N=4)c4ccccc4CC3)o2)c1. The Kier molecular flexibility index (Phi) is 6.47. The van der Waals surface area contributed by atoms with Crippen LogP contribution in [0.25, 0.3) is 23.1 Å². The Morgan fingerprint density at radius 2 is 1.83 bits per heavy atom. The van der Waals surface area contributed by atoms with Gasteiger partial charge in [-0.2, -0.15) is 0 Å². The van der Waals surface area contributed by atoms with Crippen LogP contribution in [0.2, 0.25) is 0 Å². The lowest BCUT2D eigenvalue weighted by atomic mass is 9.83. The molecule has 8 heteroatoms. The van der Waals surface area contributed by atoms with Crippen LogP contribution in [0.5, 0.6) is 5.75 Å². The number of nitrogens with zero attached hydrogens (tertiary/aromatic N) is 2. The molecule has 5 aromatic rings. The van der Waals surface area contributed by atoms with Crippen molar-refractivity contribution >= 4 is 29.1 Å². The first kappa shape index (κ1) is 26.0. The molecule has 2 aromatic heterocycles. The molecule has 0 amide bonds. The van der Waals surface area contributed by atoms with Crippen LogP contribution in [0.3, 0.4) is 0 Å². The summed E-state index contributed by atoms with van der Waals surface area (Å²) < 4.78 is 19.0. The van der Waals surface area contributed by atoms with Crippen LogP contribution in [-0.2, 0) is 11.2 Å². The average Bonchev–Trinajstić information content (AvgIpc) is 3.63. The first-order valence-corrected chi connectivity index (χ1v) is 14.4. The highest BCUT2D eigenvalue weighted by Crippen LogP contribution is 2.43. The molecule has 7 rings (SSSR count). The second-order valence-electron chi connectivity index (χ2n) is 10.1. The molecule has 42 heavy (non-hydrogen) atoms. The number of rotatable bonds is 5. The average molecular weight is 575 g/mol. The maximum Gasteiger partial charge on any atom is 0.337 e. The largest absolute Gasteiger partial charge is 0.496 e. The second-order valence-corrected chi connectivity index (χ2v) is 11.1. The third kappa shape index (κ3) is 4.31. The van der Waals surface area contributed by atoms with E-state index >= 15 is 0 Å². The summed E-state index contributed by atoms with van der Waals surface area (Å²) in [7, 11) is 3.01. The minimum absolute atomic E-state index is 0.134. The molecule has 1 atom stereocenters. The van der Waals surface area contributed by atoms with E-state index in [4.69, 9.17) is 18.9 Å². The fourth-order valence-electron chi connectivity index (χ4n) is 5.82. The summed E-state index contributed by atoms with van der Waals surface area (Å²) in [6, 6.07) is 26.6. The zero-order chi connectivity index (χ0) is 28.8. The van der Waals surface area contributed by atoms with Gasteiger partial charge in [-0.15, -0.1) is 0 Å². The van der Waals surface area contributed by atoms with Crippen LogP contribution in [0.15, 0.2) is 105 Å². The van der Waals surface area contributed by atoms with E-state index < -0.39 is 5.97 Å². The molecule has 1 aliphatic carbocycles. The lowest BCUT2D eigenvalue weighted by Gasteiger charge is -2.31. The molecule has 0 unspecified atom stereocenters.